The third-order valence-electron chi connectivity index (χ3n) is 9.66. The molecule has 3 amide bonds. The van der Waals surface area contributed by atoms with Crippen molar-refractivity contribution >= 4 is 51.7 Å². The van der Waals surface area contributed by atoms with Crippen LogP contribution in [0.4, 0.5) is 0 Å². The van der Waals surface area contributed by atoms with Crippen molar-refractivity contribution < 1.29 is 19.1 Å². The number of amides is 3. The molecule has 1 aliphatic rings. The molecule has 6 rings (SSSR count). The maximum absolute atomic E-state index is 15.0. The highest BCUT2D eigenvalue weighted by atomic mass is 35.5. The summed E-state index contributed by atoms with van der Waals surface area (Å²) in [6.07, 6.45) is 2.68. The normalized spacial score (nSPS) is 15.1. The van der Waals surface area contributed by atoms with Crippen molar-refractivity contribution in [1.29, 1.82) is 0 Å². The summed E-state index contributed by atoms with van der Waals surface area (Å²) in [6, 6.07) is 33.1. The number of carbonyl (C=O) groups excluding carboxylic acids is 3. The standard InChI is InChI=1S/C42H42Cl2N4O4/c43-32-16-15-31(38(44)26-32)25-37(36-27-34(17-18-35(36)40(46)49)52-33-10-2-1-3-11-33)41(50)48-23-22-47(42(51)39(48)12-6-7-20-45)21-19-28-13-14-29-8-4-5-9-30(29)24-28/h1-5,8-11,13-18,24,26-27,37,39H,6-7,12,19-23,25,45H2,(H2,46,49)/t37-,39+/m1/s1. The molecule has 0 bridgehead atoms. The molecule has 4 N–H and O–H groups in total. The van der Waals surface area contributed by atoms with E-state index < -0.39 is 17.9 Å². The first-order valence-electron chi connectivity index (χ1n) is 17.6. The summed E-state index contributed by atoms with van der Waals surface area (Å²) in [5.74, 6) is -0.984. The van der Waals surface area contributed by atoms with E-state index in [0.717, 1.165) is 17.4 Å². The van der Waals surface area contributed by atoms with Crippen LogP contribution in [0.2, 0.25) is 10.0 Å². The number of hydrogen-bond donors (Lipinski definition) is 2. The molecule has 0 radical (unpaired) electrons. The molecule has 1 aliphatic heterocycles. The molecule has 0 unspecified atom stereocenters. The summed E-state index contributed by atoms with van der Waals surface area (Å²) in [5.41, 5.74) is 14.1. The zero-order valence-corrected chi connectivity index (χ0v) is 30.4. The topological polar surface area (TPSA) is 119 Å². The zero-order chi connectivity index (χ0) is 36.6. The van der Waals surface area contributed by atoms with E-state index in [4.69, 9.17) is 39.4 Å². The molecule has 0 aliphatic carbocycles. The van der Waals surface area contributed by atoms with Crippen LogP contribution in [0.5, 0.6) is 11.5 Å². The van der Waals surface area contributed by atoms with Gasteiger partial charge in [0, 0.05) is 35.2 Å². The minimum absolute atomic E-state index is 0.100. The van der Waals surface area contributed by atoms with Crippen molar-refractivity contribution in [3.8, 4) is 11.5 Å². The van der Waals surface area contributed by atoms with E-state index in [0.29, 0.717) is 78.1 Å². The number of unbranched alkanes of at least 4 members (excludes halogenated alkanes) is 1. The van der Waals surface area contributed by atoms with Crippen LogP contribution in [0.3, 0.4) is 0 Å². The second-order valence-corrected chi connectivity index (χ2v) is 14.0. The van der Waals surface area contributed by atoms with Gasteiger partial charge in [0.15, 0.2) is 0 Å². The predicted octanol–water partition coefficient (Wildman–Crippen LogP) is 7.78. The van der Waals surface area contributed by atoms with E-state index in [1.165, 1.54) is 5.39 Å². The molecule has 268 valence electrons. The number of nitrogens with zero attached hydrogens (tertiary/aromatic N) is 2. The van der Waals surface area contributed by atoms with Crippen LogP contribution in [-0.2, 0) is 22.4 Å². The molecule has 10 heteroatoms. The van der Waals surface area contributed by atoms with Gasteiger partial charge in [-0.15, -0.1) is 0 Å². The van der Waals surface area contributed by atoms with Crippen molar-refractivity contribution in [3.05, 3.63) is 141 Å². The Labute approximate surface area is 314 Å². The lowest BCUT2D eigenvalue weighted by Crippen LogP contribution is -2.60. The molecule has 0 spiro atoms. The number of para-hydroxylation sites is 1. The van der Waals surface area contributed by atoms with Crippen LogP contribution in [0.15, 0.2) is 109 Å². The van der Waals surface area contributed by atoms with Crippen LogP contribution >= 0.6 is 23.2 Å². The van der Waals surface area contributed by atoms with Crippen molar-refractivity contribution in [2.75, 3.05) is 26.2 Å². The lowest BCUT2D eigenvalue weighted by Gasteiger charge is -2.42. The van der Waals surface area contributed by atoms with Gasteiger partial charge in [0.1, 0.15) is 17.5 Å². The van der Waals surface area contributed by atoms with Gasteiger partial charge >= 0.3 is 0 Å². The Hall–Kier alpha value is -4.89. The lowest BCUT2D eigenvalue weighted by molar-refractivity contribution is -0.152. The van der Waals surface area contributed by atoms with Crippen molar-refractivity contribution in [2.45, 2.75) is 44.1 Å². The predicted molar refractivity (Wildman–Crippen MR) is 207 cm³/mol. The summed E-state index contributed by atoms with van der Waals surface area (Å²) < 4.78 is 6.13. The van der Waals surface area contributed by atoms with Gasteiger partial charge in [0.2, 0.25) is 17.7 Å². The fraction of sp³-hybridized carbons (Fsp3) is 0.262. The Morgan fingerprint density at radius 1 is 0.827 bits per heavy atom. The van der Waals surface area contributed by atoms with Gasteiger partial charge in [-0.25, -0.2) is 0 Å². The Bertz CT molecular complexity index is 2060. The number of primary amides is 1. The molecule has 0 saturated carbocycles. The smallest absolute Gasteiger partial charge is 0.249 e. The second-order valence-electron chi connectivity index (χ2n) is 13.1. The maximum atomic E-state index is 15.0. The highest BCUT2D eigenvalue weighted by Crippen LogP contribution is 2.35. The molecular formula is C42H42Cl2N4O4. The summed E-state index contributed by atoms with van der Waals surface area (Å²) in [6.45, 7) is 1.71. The van der Waals surface area contributed by atoms with E-state index in [1.54, 1.807) is 41.3 Å². The SMILES string of the molecule is NCCCC[C@H]1C(=O)N(CCc2ccc3ccccc3c2)CCN1C(=O)[C@H](Cc1ccc(Cl)cc1Cl)c1cc(Oc2ccccc2)ccc1C(N)=O. The van der Waals surface area contributed by atoms with E-state index in [1.807, 2.05) is 47.4 Å². The molecule has 2 atom stereocenters. The van der Waals surface area contributed by atoms with Crippen molar-refractivity contribution in [3.63, 3.8) is 0 Å². The Kier molecular flexibility index (Phi) is 12.1. The summed E-state index contributed by atoms with van der Waals surface area (Å²) in [4.78, 5) is 45.7. The van der Waals surface area contributed by atoms with Gasteiger partial charge in [0.05, 0.1) is 5.92 Å². The van der Waals surface area contributed by atoms with Crippen LogP contribution in [-0.4, -0.2) is 59.7 Å². The van der Waals surface area contributed by atoms with E-state index in [-0.39, 0.29) is 23.8 Å². The molecule has 1 saturated heterocycles. The first-order chi connectivity index (χ1) is 25.2. The molecule has 5 aromatic carbocycles. The van der Waals surface area contributed by atoms with Gasteiger partial charge < -0.3 is 26.0 Å². The van der Waals surface area contributed by atoms with Gasteiger partial charge in [0.25, 0.3) is 0 Å². The van der Waals surface area contributed by atoms with Gasteiger partial charge in [-0.05, 0) is 109 Å². The van der Waals surface area contributed by atoms with Crippen molar-refractivity contribution in [1.82, 2.24) is 9.80 Å². The van der Waals surface area contributed by atoms with Gasteiger partial charge in [-0.1, -0.05) is 89.9 Å². The zero-order valence-electron chi connectivity index (χ0n) is 28.8. The molecule has 8 nitrogen and oxygen atoms in total. The van der Waals surface area contributed by atoms with Crippen LogP contribution < -0.4 is 16.2 Å². The number of halogens is 2. The van der Waals surface area contributed by atoms with E-state index >= 15 is 0 Å². The highest BCUT2D eigenvalue weighted by Gasteiger charge is 2.40. The quantitative estimate of drug-likeness (QED) is 0.113. The number of carbonyl (C=O) groups is 3. The molecular weight excluding hydrogens is 695 g/mol. The largest absolute Gasteiger partial charge is 0.457 e. The van der Waals surface area contributed by atoms with Crippen molar-refractivity contribution in [2.24, 2.45) is 11.5 Å². The third kappa shape index (κ3) is 8.76. The molecule has 52 heavy (non-hydrogen) atoms. The number of hydrogen-bond acceptors (Lipinski definition) is 5. The number of fused-ring (bicyclic) bond motifs is 1. The van der Waals surface area contributed by atoms with E-state index in [9.17, 15) is 14.4 Å². The van der Waals surface area contributed by atoms with Crippen LogP contribution in [0, 0.1) is 0 Å². The lowest BCUT2D eigenvalue weighted by atomic mass is 9.86. The number of ether oxygens (including phenoxy) is 1. The first kappa shape index (κ1) is 36.9. The molecule has 0 aromatic heterocycles. The highest BCUT2D eigenvalue weighted by molar-refractivity contribution is 6.35. The third-order valence-corrected chi connectivity index (χ3v) is 10.2. The first-order valence-corrected chi connectivity index (χ1v) is 18.3. The molecule has 5 aromatic rings. The minimum Gasteiger partial charge on any atom is -0.457 e. The fourth-order valence-corrected chi connectivity index (χ4v) is 7.41. The average Bonchev–Trinajstić information content (AvgIpc) is 3.14. The number of rotatable bonds is 14. The monoisotopic (exact) mass is 736 g/mol. The summed E-state index contributed by atoms with van der Waals surface area (Å²) >= 11 is 12.9. The average molecular weight is 738 g/mol. The molecule has 1 fully saturated rings. The van der Waals surface area contributed by atoms with Crippen LogP contribution in [0.25, 0.3) is 10.8 Å². The van der Waals surface area contributed by atoms with Crippen LogP contribution in [0.1, 0.15) is 52.2 Å². The Morgan fingerprint density at radius 3 is 2.35 bits per heavy atom. The van der Waals surface area contributed by atoms with Gasteiger partial charge in [-0.2, -0.15) is 0 Å². The maximum Gasteiger partial charge on any atom is 0.249 e. The number of piperazine rings is 1. The Morgan fingerprint density at radius 2 is 1.60 bits per heavy atom. The Balaban J connectivity index is 1.32. The van der Waals surface area contributed by atoms with Gasteiger partial charge in [-0.3, -0.25) is 14.4 Å². The number of benzene rings is 5. The second kappa shape index (κ2) is 17.1. The summed E-state index contributed by atoms with van der Waals surface area (Å²) in [7, 11) is 0. The fourth-order valence-electron chi connectivity index (χ4n) is 6.92. The molecule has 1 heterocycles. The summed E-state index contributed by atoms with van der Waals surface area (Å²) in [5, 5.41) is 3.16. The van der Waals surface area contributed by atoms with E-state index in [2.05, 4.69) is 30.3 Å². The minimum atomic E-state index is -0.922. The number of nitrogens with two attached hydrogens (primary N) is 2.